The second-order valence-electron chi connectivity index (χ2n) is 6.04. The lowest BCUT2D eigenvalue weighted by Gasteiger charge is -2.43. The number of hydrogen-bond donors (Lipinski definition) is 1. The average Bonchev–Trinajstić information content (AvgIpc) is 2.26. The molecule has 1 N–H and O–H groups in total. The van der Waals surface area contributed by atoms with E-state index >= 15 is 0 Å². The lowest BCUT2D eigenvalue weighted by molar-refractivity contribution is -0.115. The maximum Gasteiger partial charge on any atom is 0.159 e. The van der Waals surface area contributed by atoms with Crippen LogP contribution in [0.1, 0.15) is 40.0 Å². The summed E-state index contributed by atoms with van der Waals surface area (Å²) in [6.07, 6.45) is 7.18. The number of hydrogen-bond acceptors (Lipinski definition) is 3. The van der Waals surface area contributed by atoms with Gasteiger partial charge < -0.3 is 5.32 Å². The summed E-state index contributed by atoms with van der Waals surface area (Å²) in [4.78, 5) is 11.9. The van der Waals surface area contributed by atoms with Gasteiger partial charge in [0.2, 0.25) is 0 Å². The van der Waals surface area contributed by atoms with E-state index in [0.29, 0.717) is 23.0 Å². The zero-order valence-corrected chi connectivity index (χ0v) is 12.6. The van der Waals surface area contributed by atoms with Crippen LogP contribution < -0.4 is 5.32 Å². The molecule has 0 aromatic heterocycles. The molecule has 0 bridgehead atoms. The molecule has 0 aromatic rings. The zero-order valence-electron chi connectivity index (χ0n) is 11.7. The molecule has 0 fully saturated rings. The largest absolute Gasteiger partial charge is 0.383 e. The summed E-state index contributed by atoms with van der Waals surface area (Å²) in [5, 5.41) is 4.53. The van der Waals surface area contributed by atoms with Crippen molar-refractivity contribution in [3.63, 3.8) is 0 Å². The molecule has 18 heavy (non-hydrogen) atoms. The first-order chi connectivity index (χ1) is 8.44. The summed E-state index contributed by atoms with van der Waals surface area (Å²) in [5.74, 6) is 0.773. The number of ketones is 1. The summed E-state index contributed by atoms with van der Waals surface area (Å²) in [6, 6.07) is 0. The van der Waals surface area contributed by atoms with Crippen molar-refractivity contribution in [2.24, 2.45) is 11.3 Å². The van der Waals surface area contributed by atoms with Crippen molar-refractivity contribution < 1.29 is 4.79 Å². The van der Waals surface area contributed by atoms with Crippen LogP contribution in [0, 0.1) is 11.3 Å². The van der Waals surface area contributed by atoms with Crippen LogP contribution in [0.2, 0.25) is 0 Å². The summed E-state index contributed by atoms with van der Waals surface area (Å²) < 4.78 is 0. The zero-order chi connectivity index (χ0) is 13.3. The van der Waals surface area contributed by atoms with E-state index < -0.39 is 0 Å². The van der Waals surface area contributed by atoms with Gasteiger partial charge in [0, 0.05) is 24.8 Å². The van der Waals surface area contributed by atoms with E-state index in [-0.39, 0.29) is 5.78 Å². The van der Waals surface area contributed by atoms with Gasteiger partial charge in [-0.1, -0.05) is 25.5 Å². The smallest absolute Gasteiger partial charge is 0.159 e. The maximum absolute atomic E-state index is 11.9. The van der Waals surface area contributed by atoms with Gasteiger partial charge >= 0.3 is 0 Å². The molecular formula is C15H23NOS. The molecule has 2 nitrogen and oxygen atoms in total. The molecule has 0 saturated heterocycles. The monoisotopic (exact) mass is 265 g/mol. The Morgan fingerprint density at radius 1 is 1.44 bits per heavy atom. The highest BCUT2D eigenvalue weighted by atomic mass is 32.2. The molecule has 100 valence electrons. The van der Waals surface area contributed by atoms with Crippen LogP contribution in [-0.2, 0) is 4.79 Å². The molecule has 2 atom stereocenters. The van der Waals surface area contributed by atoms with Gasteiger partial charge in [-0.2, -0.15) is 0 Å². The first kappa shape index (κ1) is 13.7. The van der Waals surface area contributed by atoms with Gasteiger partial charge in [0.25, 0.3) is 0 Å². The van der Waals surface area contributed by atoms with Gasteiger partial charge in [0.05, 0.1) is 5.03 Å². The van der Waals surface area contributed by atoms with Gasteiger partial charge in [-0.3, -0.25) is 4.79 Å². The van der Waals surface area contributed by atoms with Gasteiger partial charge in [0.1, 0.15) is 0 Å². The van der Waals surface area contributed by atoms with Crippen molar-refractivity contribution in [3.8, 4) is 0 Å². The molecule has 0 amide bonds. The summed E-state index contributed by atoms with van der Waals surface area (Å²) >= 11 is 1.84. The fourth-order valence-electron chi connectivity index (χ4n) is 3.33. The molecule has 3 heteroatoms. The normalized spacial score (nSPS) is 31.7. The highest BCUT2D eigenvalue weighted by Gasteiger charge is 2.40. The Labute approximate surface area is 114 Å². The third kappa shape index (κ3) is 2.66. The van der Waals surface area contributed by atoms with Crippen LogP contribution in [0.15, 0.2) is 22.8 Å². The van der Waals surface area contributed by atoms with E-state index in [9.17, 15) is 4.79 Å². The third-order valence-electron chi connectivity index (χ3n) is 4.18. The first-order valence-electron chi connectivity index (χ1n) is 6.69. The minimum Gasteiger partial charge on any atom is -0.383 e. The average molecular weight is 265 g/mol. The van der Waals surface area contributed by atoms with Gasteiger partial charge in [-0.25, -0.2) is 0 Å². The summed E-state index contributed by atoms with van der Waals surface area (Å²) in [6.45, 7) is 6.92. The lowest BCUT2D eigenvalue weighted by Crippen LogP contribution is -2.38. The Morgan fingerprint density at radius 3 is 2.78 bits per heavy atom. The second kappa shape index (κ2) is 5.12. The molecule has 0 saturated carbocycles. The number of rotatable bonds is 2. The molecule has 2 aliphatic rings. The van der Waals surface area contributed by atoms with Crippen molar-refractivity contribution in [1.29, 1.82) is 0 Å². The molecule has 1 aliphatic carbocycles. The molecule has 0 radical (unpaired) electrons. The van der Waals surface area contributed by atoms with Crippen LogP contribution in [0.5, 0.6) is 0 Å². The minimum atomic E-state index is 0.261. The van der Waals surface area contributed by atoms with Crippen molar-refractivity contribution in [3.05, 3.63) is 22.8 Å². The van der Waals surface area contributed by atoms with E-state index in [1.165, 1.54) is 18.4 Å². The molecule has 0 aromatic carbocycles. The standard InChI is InChI=1S/C15H23NOS/c1-10-6-5-7-15(2,3)14(10)12-8-11(17)9-13(16-4)18-12/h6,9,12,14,16H,5,7-8H2,1-4H3. The second-order valence-corrected chi connectivity index (χ2v) is 7.32. The maximum atomic E-state index is 11.9. The van der Waals surface area contributed by atoms with Gasteiger partial charge in [0.15, 0.2) is 5.78 Å². The van der Waals surface area contributed by atoms with Crippen molar-refractivity contribution in [2.75, 3.05) is 7.05 Å². The van der Waals surface area contributed by atoms with Gasteiger partial charge in [-0.05, 0) is 31.1 Å². The highest BCUT2D eigenvalue weighted by molar-refractivity contribution is 8.03. The van der Waals surface area contributed by atoms with E-state index in [0.717, 1.165) is 5.03 Å². The van der Waals surface area contributed by atoms with E-state index in [1.54, 1.807) is 6.08 Å². The highest BCUT2D eigenvalue weighted by Crippen LogP contribution is 2.48. The van der Waals surface area contributed by atoms with E-state index in [4.69, 9.17) is 0 Å². The molecular weight excluding hydrogens is 242 g/mol. The number of carbonyl (C=O) groups is 1. The number of allylic oxidation sites excluding steroid dienone is 3. The Morgan fingerprint density at radius 2 is 2.17 bits per heavy atom. The topological polar surface area (TPSA) is 29.1 Å². The van der Waals surface area contributed by atoms with Crippen LogP contribution >= 0.6 is 11.8 Å². The van der Waals surface area contributed by atoms with Gasteiger partial charge in [-0.15, -0.1) is 11.8 Å². The summed E-state index contributed by atoms with van der Waals surface area (Å²) in [5.41, 5.74) is 1.77. The summed E-state index contributed by atoms with van der Waals surface area (Å²) in [7, 11) is 1.89. The first-order valence-corrected chi connectivity index (χ1v) is 7.57. The lowest BCUT2D eigenvalue weighted by atomic mass is 9.66. The quantitative estimate of drug-likeness (QED) is 0.775. The predicted molar refractivity (Wildman–Crippen MR) is 78.4 cm³/mol. The van der Waals surface area contributed by atoms with Crippen molar-refractivity contribution in [2.45, 2.75) is 45.3 Å². The Bertz CT molecular complexity index is 409. The Balaban J connectivity index is 2.25. The van der Waals surface area contributed by atoms with Crippen LogP contribution in [0.4, 0.5) is 0 Å². The van der Waals surface area contributed by atoms with Crippen LogP contribution in [-0.4, -0.2) is 18.1 Å². The Kier molecular flexibility index (Phi) is 3.90. The van der Waals surface area contributed by atoms with E-state index in [2.05, 4.69) is 32.2 Å². The van der Waals surface area contributed by atoms with Crippen molar-refractivity contribution >= 4 is 17.5 Å². The fourth-order valence-corrected chi connectivity index (χ4v) is 4.94. The third-order valence-corrected chi connectivity index (χ3v) is 5.50. The fraction of sp³-hybridized carbons (Fsp3) is 0.667. The molecule has 2 rings (SSSR count). The predicted octanol–water partition coefficient (Wildman–Crippen LogP) is 3.50. The molecule has 1 heterocycles. The van der Waals surface area contributed by atoms with E-state index in [1.807, 2.05) is 18.8 Å². The Hall–Kier alpha value is -0.700. The number of nitrogens with one attached hydrogen (secondary N) is 1. The molecule has 1 aliphatic heterocycles. The number of thioether (sulfide) groups is 1. The van der Waals surface area contributed by atoms with Crippen LogP contribution in [0.25, 0.3) is 0 Å². The van der Waals surface area contributed by atoms with Crippen LogP contribution in [0.3, 0.4) is 0 Å². The molecule has 2 unspecified atom stereocenters. The molecule has 0 spiro atoms. The van der Waals surface area contributed by atoms with Crippen molar-refractivity contribution in [1.82, 2.24) is 5.32 Å². The minimum absolute atomic E-state index is 0.261. The SMILES string of the molecule is CNC1=CC(=O)CC(C2C(C)=CCCC2(C)C)S1. The number of carbonyl (C=O) groups excluding carboxylic acids is 1.